The highest BCUT2D eigenvalue weighted by atomic mass is 35.5. The number of aromatic nitrogens is 2. The molecular formula is C28H22Cl2N2O3. The molecule has 1 aliphatic rings. The smallest absolute Gasteiger partial charge is 0.337 e. The molecule has 0 spiro atoms. The van der Waals surface area contributed by atoms with Gasteiger partial charge in [-0.1, -0.05) is 59.6 Å². The van der Waals surface area contributed by atoms with Crippen LogP contribution in [0.2, 0.25) is 10.0 Å². The summed E-state index contributed by atoms with van der Waals surface area (Å²) in [6, 6.07) is 22.3. The number of nitrogens with zero attached hydrogens (tertiary/aromatic N) is 2. The number of Topliss-reactive ketones (excluding diaryl/α,β-unsaturated/α-hetero) is 1. The number of ketones is 1. The van der Waals surface area contributed by atoms with Gasteiger partial charge in [0.2, 0.25) is 0 Å². The molecule has 5 rings (SSSR count). The Labute approximate surface area is 213 Å². The van der Waals surface area contributed by atoms with Crippen LogP contribution in [-0.4, -0.2) is 28.6 Å². The summed E-state index contributed by atoms with van der Waals surface area (Å²) < 4.78 is 6.50. The van der Waals surface area contributed by atoms with Crippen LogP contribution in [0.15, 0.2) is 72.8 Å². The normalized spacial score (nSPS) is 13.0. The van der Waals surface area contributed by atoms with Crippen LogP contribution in [-0.2, 0) is 24.1 Å². The molecule has 1 aromatic heterocycles. The zero-order valence-electron chi connectivity index (χ0n) is 19.0. The van der Waals surface area contributed by atoms with Gasteiger partial charge in [-0.15, -0.1) is 0 Å². The highest BCUT2D eigenvalue weighted by Crippen LogP contribution is 2.32. The number of methoxy groups -OCH3 is 1. The molecule has 0 unspecified atom stereocenters. The first-order valence-corrected chi connectivity index (χ1v) is 12.0. The Morgan fingerprint density at radius 3 is 2.17 bits per heavy atom. The summed E-state index contributed by atoms with van der Waals surface area (Å²) in [5.74, 6) is -0.480. The minimum atomic E-state index is -0.396. The van der Waals surface area contributed by atoms with Crippen LogP contribution in [0, 0.1) is 5.92 Å². The lowest BCUT2D eigenvalue weighted by Crippen LogP contribution is -2.20. The number of fused-ring (bicyclic) bond motifs is 1. The molecule has 1 aliphatic carbocycles. The summed E-state index contributed by atoms with van der Waals surface area (Å²) in [4.78, 5) is 25.5. The maximum atomic E-state index is 13.7. The number of carbonyl (C=O) groups is 2. The molecule has 0 atom stereocenters. The molecule has 35 heavy (non-hydrogen) atoms. The number of esters is 1. The number of ether oxygens (including phenoxy) is 1. The van der Waals surface area contributed by atoms with E-state index in [9.17, 15) is 9.59 Å². The molecule has 176 valence electrons. The average molecular weight is 505 g/mol. The lowest BCUT2D eigenvalue weighted by Gasteiger charge is -2.11. The molecule has 0 amide bonds. The highest BCUT2D eigenvalue weighted by Gasteiger charge is 2.30. The van der Waals surface area contributed by atoms with Crippen molar-refractivity contribution in [1.82, 2.24) is 9.78 Å². The SMILES string of the molecule is COC(=O)c1ccc(Cn2nc(-c3cc(Cl)cc(Cl)c3)cc2C(=O)C2Cc3ccccc3C2)cc1. The molecule has 0 radical (unpaired) electrons. The minimum absolute atomic E-state index is 0.0549. The fourth-order valence-corrected chi connectivity index (χ4v) is 5.09. The van der Waals surface area contributed by atoms with Gasteiger partial charge in [-0.3, -0.25) is 9.48 Å². The van der Waals surface area contributed by atoms with E-state index in [1.54, 1.807) is 35.0 Å². The van der Waals surface area contributed by atoms with Gasteiger partial charge in [-0.25, -0.2) is 4.79 Å². The summed E-state index contributed by atoms with van der Waals surface area (Å²) in [5, 5.41) is 5.76. The van der Waals surface area contributed by atoms with Crippen LogP contribution in [0.3, 0.4) is 0 Å². The van der Waals surface area contributed by atoms with Crippen LogP contribution in [0.25, 0.3) is 11.3 Å². The van der Waals surface area contributed by atoms with Gasteiger partial charge in [-0.2, -0.15) is 5.10 Å². The van der Waals surface area contributed by atoms with E-state index < -0.39 is 5.97 Å². The van der Waals surface area contributed by atoms with Crippen LogP contribution in [0.5, 0.6) is 0 Å². The van der Waals surface area contributed by atoms with Crippen LogP contribution in [0.1, 0.15) is 37.5 Å². The number of hydrogen-bond acceptors (Lipinski definition) is 4. The molecule has 0 N–H and O–H groups in total. The number of hydrogen-bond donors (Lipinski definition) is 0. The molecule has 1 heterocycles. The lowest BCUT2D eigenvalue weighted by atomic mass is 9.97. The monoisotopic (exact) mass is 504 g/mol. The predicted octanol–water partition coefficient (Wildman–Crippen LogP) is 6.29. The third-order valence-electron chi connectivity index (χ3n) is 6.32. The number of rotatable bonds is 6. The third-order valence-corrected chi connectivity index (χ3v) is 6.76. The first-order valence-electron chi connectivity index (χ1n) is 11.2. The van der Waals surface area contributed by atoms with E-state index in [4.69, 9.17) is 33.0 Å². The largest absolute Gasteiger partial charge is 0.465 e. The fraction of sp³-hybridized carbons (Fsp3) is 0.179. The lowest BCUT2D eigenvalue weighted by molar-refractivity contribution is 0.0600. The second kappa shape index (κ2) is 9.68. The number of carbonyl (C=O) groups excluding carboxylic acids is 2. The van der Waals surface area contributed by atoms with Gasteiger partial charge in [0.25, 0.3) is 0 Å². The molecule has 0 saturated heterocycles. The molecular weight excluding hydrogens is 483 g/mol. The Bertz CT molecular complexity index is 1380. The van der Waals surface area contributed by atoms with Crippen molar-refractivity contribution in [2.45, 2.75) is 19.4 Å². The molecule has 4 aromatic rings. The number of benzene rings is 3. The van der Waals surface area contributed by atoms with Crippen LogP contribution in [0.4, 0.5) is 0 Å². The first kappa shape index (κ1) is 23.3. The Kier molecular flexibility index (Phi) is 6.46. The Balaban J connectivity index is 1.50. The first-order chi connectivity index (χ1) is 16.9. The Morgan fingerprint density at radius 2 is 1.57 bits per heavy atom. The van der Waals surface area contributed by atoms with Crippen LogP contribution >= 0.6 is 23.2 Å². The maximum Gasteiger partial charge on any atom is 0.337 e. The van der Waals surface area contributed by atoms with Gasteiger partial charge < -0.3 is 4.74 Å². The quantitative estimate of drug-likeness (QED) is 0.228. The van der Waals surface area contributed by atoms with Crippen molar-refractivity contribution in [2.75, 3.05) is 7.11 Å². The standard InChI is InChI=1S/C28H22Cl2N2O3/c1-35-28(34)18-8-6-17(7-9-18)16-32-26(15-25(31-32)21-12-23(29)14-24(30)13-21)27(33)22-10-19-4-2-3-5-20(19)11-22/h2-9,12-15,22H,10-11,16H2,1H3. The minimum Gasteiger partial charge on any atom is -0.465 e. The van der Waals surface area contributed by atoms with E-state index in [1.165, 1.54) is 18.2 Å². The molecule has 3 aromatic carbocycles. The summed E-state index contributed by atoms with van der Waals surface area (Å²) in [7, 11) is 1.35. The van der Waals surface area contributed by atoms with Crippen molar-refractivity contribution in [2.24, 2.45) is 5.92 Å². The summed E-state index contributed by atoms with van der Waals surface area (Å²) in [6.07, 6.45) is 1.43. The van der Waals surface area contributed by atoms with Crippen LogP contribution < -0.4 is 0 Å². The van der Waals surface area contributed by atoms with E-state index in [0.29, 0.717) is 46.4 Å². The van der Waals surface area contributed by atoms with Gasteiger partial charge >= 0.3 is 5.97 Å². The Morgan fingerprint density at radius 1 is 0.943 bits per heavy atom. The van der Waals surface area contributed by atoms with Crippen molar-refractivity contribution in [1.29, 1.82) is 0 Å². The summed E-state index contributed by atoms with van der Waals surface area (Å²) >= 11 is 12.4. The molecule has 0 saturated carbocycles. The van der Waals surface area contributed by atoms with Crippen molar-refractivity contribution in [3.05, 3.63) is 111 Å². The summed E-state index contributed by atoms with van der Waals surface area (Å²) in [6.45, 7) is 0.372. The van der Waals surface area contributed by atoms with Gasteiger partial charge in [-0.05, 0) is 65.9 Å². The number of halogens is 2. The van der Waals surface area contributed by atoms with E-state index in [1.807, 2.05) is 30.3 Å². The van der Waals surface area contributed by atoms with Crippen molar-refractivity contribution in [3.63, 3.8) is 0 Å². The average Bonchev–Trinajstić information content (AvgIpc) is 3.47. The van der Waals surface area contributed by atoms with E-state index >= 15 is 0 Å². The predicted molar refractivity (Wildman–Crippen MR) is 136 cm³/mol. The van der Waals surface area contributed by atoms with E-state index in [0.717, 1.165) is 11.1 Å². The van der Waals surface area contributed by atoms with E-state index in [2.05, 4.69) is 12.1 Å². The van der Waals surface area contributed by atoms with Crippen molar-refractivity contribution < 1.29 is 14.3 Å². The van der Waals surface area contributed by atoms with Gasteiger partial charge in [0, 0.05) is 21.5 Å². The molecule has 0 bridgehead atoms. The topological polar surface area (TPSA) is 61.2 Å². The van der Waals surface area contributed by atoms with Crippen molar-refractivity contribution >= 4 is 35.0 Å². The molecule has 7 heteroatoms. The highest BCUT2D eigenvalue weighted by molar-refractivity contribution is 6.35. The zero-order chi connectivity index (χ0) is 24.5. The third kappa shape index (κ3) is 4.88. The van der Waals surface area contributed by atoms with E-state index in [-0.39, 0.29) is 11.7 Å². The summed E-state index contributed by atoms with van der Waals surface area (Å²) in [5.41, 5.74) is 5.71. The molecule has 0 aliphatic heterocycles. The second-order valence-corrected chi connectivity index (χ2v) is 9.53. The fourth-order valence-electron chi connectivity index (χ4n) is 4.57. The van der Waals surface area contributed by atoms with Crippen molar-refractivity contribution in [3.8, 4) is 11.3 Å². The van der Waals surface area contributed by atoms with Gasteiger partial charge in [0.05, 0.1) is 24.9 Å². The Hall–Kier alpha value is -3.41. The molecule has 0 fully saturated rings. The maximum absolute atomic E-state index is 13.7. The second-order valence-electron chi connectivity index (χ2n) is 8.66. The van der Waals surface area contributed by atoms with Gasteiger partial charge in [0.15, 0.2) is 5.78 Å². The molecule has 5 nitrogen and oxygen atoms in total. The van der Waals surface area contributed by atoms with Gasteiger partial charge in [0.1, 0.15) is 5.69 Å². The zero-order valence-corrected chi connectivity index (χ0v) is 20.5.